The maximum Gasteiger partial charge on any atom is 0.234 e. The van der Waals surface area contributed by atoms with Crippen LogP contribution < -0.4 is 0 Å². The number of halogens is 1. The SMILES string of the molecule is Brc1cnc2nc(-c3cncs3)cn2c1. The van der Waals surface area contributed by atoms with Crippen molar-refractivity contribution in [1.29, 1.82) is 0 Å². The molecule has 0 atom stereocenters. The van der Waals surface area contributed by atoms with E-state index in [1.807, 2.05) is 23.0 Å². The molecule has 15 heavy (non-hydrogen) atoms. The molecule has 74 valence electrons. The largest absolute Gasteiger partial charge is 0.289 e. The van der Waals surface area contributed by atoms with E-state index in [0.717, 1.165) is 15.0 Å². The molecule has 0 fully saturated rings. The second-order valence-electron chi connectivity index (χ2n) is 2.97. The van der Waals surface area contributed by atoms with Gasteiger partial charge >= 0.3 is 0 Å². The van der Waals surface area contributed by atoms with Crippen LogP contribution in [0.5, 0.6) is 0 Å². The quantitative estimate of drug-likeness (QED) is 0.688. The maximum absolute atomic E-state index is 4.40. The van der Waals surface area contributed by atoms with Crippen LogP contribution in [0, 0.1) is 0 Å². The van der Waals surface area contributed by atoms with Crippen LogP contribution in [0.25, 0.3) is 16.3 Å². The molecule has 3 rings (SSSR count). The Balaban J connectivity index is 2.22. The molecule has 3 aromatic rings. The number of fused-ring (bicyclic) bond motifs is 1. The van der Waals surface area contributed by atoms with Crippen LogP contribution in [-0.2, 0) is 0 Å². The molecule has 0 N–H and O–H groups in total. The van der Waals surface area contributed by atoms with E-state index in [4.69, 9.17) is 0 Å². The third-order valence-electron chi connectivity index (χ3n) is 1.96. The average molecular weight is 281 g/mol. The highest BCUT2D eigenvalue weighted by atomic mass is 79.9. The van der Waals surface area contributed by atoms with E-state index in [0.29, 0.717) is 5.78 Å². The first-order valence-electron chi connectivity index (χ1n) is 4.22. The number of hydrogen-bond acceptors (Lipinski definition) is 4. The number of nitrogens with zero attached hydrogens (tertiary/aromatic N) is 4. The summed E-state index contributed by atoms with van der Waals surface area (Å²) in [6, 6.07) is 0. The maximum atomic E-state index is 4.40. The van der Waals surface area contributed by atoms with Crippen molar-refractivity contribution in [3.05, 3.63) is 34.8 Å². The summed E-state index contributed by atoms with van der Waals surface area (Å²) < 4.78 is 2.82. The lowest BCUT2D eigenvalue weighted by Crippen LogP contribution is -1.85. The normalized spacial score (nSPS) is 11.0. The molecule has 0 aromatic carbocycles. The molecule has 0 spiro atoms. The van der Waals surface area contributed by atoms with Gasteiger partial charge in [-0.1, -0.05) is 0 Å². The monoisotopic (exact) mass is 280 g/mol. The van der Waals surface area contributed by atoms with Gasteiger partial charge in [0.15, 0.2) is 0 Å². The highest BCUT2D eigenvalue weighted by Crippen LogP contribution is 2.22. The summed E-state index contributed by atoms with van der Waals surface area (Å²) in [4.78, 5) is 13.7. The van der Waals surface area contributed by atoms with Crippen LogP contribution in [0.2, 0.25) is 0 Å². The molecular weight excluding hydrogens is 276 g/mol. The van der Waals surface area contributed by atoms with E-state index >= 15 is 0 Å². The Morgan fingerprint density at radius 2 is 2.20 bits per heavy atom. The number of aromatic nitrogens is 4. The molecule has 0 saturated heterocycles. The van der Waals surface area contributed by atoms with Gasteiger partial charge in [-0.25, -0.2) is 9.97 Å². The fourth-order valence-corrected chi connectivity index (χ4v) is 2.22. The molecule has 0 unspecified atom stereocenters. The van der Waals surface area contributed by atoms with Crippen LogP contribution in [0.1, 0.15) is 0 Å². The van der Waals surface area contributed by atoms with Gasteiger partial charge in [0.25, 0.3) is 0 Å². The van der Waals surface area contributed by atoms with E-state index < -0.39 is 0 Å². The number of rotatable bonds is 1. The molecule has 0 aliphatic rings. The van der Waals surface area contributed by atoms with Crippen molar-refractivity contribution >= 4 is 33.0 Å². The zero-order valence-electron chi connectivity index (χ0n) is 7.46. The highest BCUT2D eigenvalue weighted by molar-refractivity contribution is 9.10. The van der Waals surface area contributed by atoms with Gasteiger partial charge in [-0.15, -0.1) is 11.3 Å². The minimum absolute atomic E-state index is 0.696. The Labute approximate surface area is 97.8 Å². The summed E-state index contributed by atoms with van der Waals surface area (Å²) in [5.74, 6) is 0.696. The van der Waals surface area contributed by atoms with Crippen molar-refractivity contribution in [3.63, 3.8) is 0 Å². The second kappa shape index (κ2) is 3.39. The second-order valence-corrected chi connectivity index (χ2v) is 4.77. The van der Waals surface area contributed by atoms with Gasteiger partial charge in [-0.2, -0.15) is 0 Å². The van der Waals surface area contributed by atoms with E-state index in [1.165, 1.54) is 0 Å². The minimum Gasteiger partial charge on any atom is -0.289 e. The molecule has 0 radical (unpaired) electrons. The minimum atomic E-state index is 0.696. The van der Waals surface area contributed by atoms with Crippen molar-refractivity contribution in [2.24, 2.45) is 0 Å². The van der Waals surface area contributed by atoms with Crippen LogP contribution in [-0.4, -0.2) is 19.4 Å². The van der Waals surface area contributed by atoms with E-state index in [1.54, 1.807) is 23.0 Å². The smallest absolute Gasteiger partial charge is 0.234 e. The average Bonchev–Trinajstić information content (AvgIpc) is 2.84. The Bertz CT molecular complexity index is 602. The lowest BCUT2D eigenvalue weighted by atomic mass is 10.4. The molecule has 0 saturated carbocycles. The summed E-state index contributed by atoms with van der Waals surface area (Å²) in [5.41, 5.74) is 2.70. The molecule has 4 nitrogen and oxygen atoms in total. The molecule has 0 aliphatic carbocycles. The zero-order chi connectivity index (χ0) is 10.3. The molecule has 0 amide bonds. The van der Waals surface area contributed by atoms with Crippen LogP contribution in [0.15, 0.2) is 34.8 Å². The summed E-state index contributed by atoms with van der Waals surface area (Å²) in [5, 5.41) is 0. The van der Waals surface area contributed by atoms with Gasteiger partial charge in [-0.3, -0.25) is 9.38 Å². The predicted molar refractivity (Wildman–Crippen MR) is 61.8 cm³/mol. The van der Waals surface area contributed by atoms with Gasteiger partial charge in [0.05, 0.1) is 14.9 Å². The molecule has 0 aliphatic heterocycles. The summed E-state index contributed by atoms with van der Waals surface area (Å²) in [6.07, 6.45) is 7.42. The summed E-state index contributed by atoms with van der Waals surface area (Å²) in [6.45, 7) is 0. The predicted octanol–water partition coefficient (Wildman–Crippen LogP) is 2.62. The number of hydrogen-bond donors (Lipinski definition) is 0. The van der Waals surface area contributed by atoms with Crippen molar-refractivity contribution in [2.45, 2.75) is 0 Å². The Kier molecular flexibility index (Phi) is 2.03. The van der Waals surface area contributed by atoms with E-state index in [2.05, 4.69) is 30.9 Å². The molecule has 3 aromatic heterocycles. The van der Waals surface area contributed by atoms with E-state index in [9.17, 15) is 0 Å². The standard InChI is InChI=1S/C9H5BrN4S/c10-6-1-12-9-13-7(4-14(9)3-6)8-2-11-5-15-8/h1-5H. The van der Waals surface area contributed by atoms with Gasteiger partial charge in [0, 0.05) is 24.8 Å². The fourth-order valence-electron chi connectivity index (χ4n) is 1.32. The lowest BCUT2D eigenvalue weighted by Gasteiger charge is -1.90. The van der Waals surface area contributed by atoms with Gasteiger partial charge in [-0.05, 0) is 15.9 Å². The first-order chi connectivity index (χ1) is 7.33. The third-order valence-corrected chi connectivity index (χ3v) is 3.17. The van der Waals surface area contributed by atoms with Crippen LogP contribution >= 0.6 is 27.3 Å². The van der Waals surface area contributed by atoms with Crippen LogP contribution in [0.4, 0.5) is 0 Å². The zero-order valence-corrected chi connectivity index (χ0v) is 9.86. The molecular formula is C9H5BrN4S. The molecule has 3 heterocycles. The topological polar surface area (TPSA) is 43.1 Å². The number of imidazole rings is 1. The van der Waals surface area contributed by atoms with Crippen molar-refractivity contribution in [3.8, 4) is 10.6 Å². The van der Waals surface area contributed by atoms with Gasteiger partial charge in [0.2, 0.25) is 5.78 Å². The van der Waals surface area contributed by atoms with Gasteiger partial charge in [0.1, 0.15) is 5.69 Å². The summed E-state index contributed by atoms with van der Waals surface area (Å²) in [7, 11) is 0. The summed E-state index contributed by atoms with van der Waals surface area (Å²) >= 11 is 4.94. The van der Waals surface area contributed by atoms with Crippen molar-refractivity contribution in [1.82, 2.24) is 19.4 Å². The van der Waals surface area contributed by atoms with Crippen LogP contribution in [0.3, 0.4) is 0 Å². The Morgan fingerprint density at radius 3 is 3.00 bits per heavy atom. The highest BCUT2D eigenvalue weighted by Gasteiger charge is 2.06. The molecule has 6 heteroatoms. The van der Waals surface area contributed by atoms with Crippen molar-refractivity contribution < 1.29 is 0 Å². The Hall–Kier alpha value is -1.27. The Morgan fingerprint density at radius 1 is 1.27 bits per heavy atom. The third kappa shape index (κ3) is 1.55. The van der Waals surface area contributed by atoms with E-state index in [-0.39, 0.29) is 0 Å². The molecule has 0 bridgehead atoms. The fraction of sp³-hybridized carbons (Fsp3) is 0. The van der Waals surface area contributed by atoms with Crippen molar-refractivity contribution in [2.75, 3.05) is 0 Å². The first kappa shape index (κ1) is 8.99. The lowest BCUT2D eigenvalue weighted by molar-refractivity contribution is 1.10. The van der Waals surface area contributed by atoms with Gasteiger partial charge < -0.3 is 0 Å². The number of thiazole rings is 1. The first-order valence-corrected chi connectivity index (χ1v) is 5.89.